The molecule has 3 unspecified atom stereocenters. The molecule has 1 aromatic rings. The SMILES string of the molecule is COC(=O)C1(CC(=O)N2CCCC2)C(=O)CC2CCC1N2Cc1ccc(F)cc1. The van der Waals surface area contributed by atoms with Gasteiger partial charge in [-0.15, -0.1) is 0 Å². The summed E-state index contributed by atoms with van der Waals surface area (Å²) in [5.41, 5.74) is -0.538. The van der Waals surface area contributed by atoms with Crippen LogP contribution in [0, 0.1) is 11.2 Å². The molecular weight excluding hydrogens is 375 g/mol. The number of carbonyl (C=O) groups excluding carboxylic acids is 3. The van der Waals surface area contributed by atoms with Crippen LogP contribution in [0.1, 0.15) is 44.1 Å². The van der Waals surface area contributed by atoms with Gasteiger partial charge in [0, 0.05) is 38.1 Å². The molecule has 1 aromatic carbocycles. The third-order valence-corrected chi connectivity index (χ3v) is 6.85. The number of hydrogen-bond donors (Lipinski definition) is 0. The second-order valence-corrected chi connectivity index (χ2v) is 8.40. The number of halogens is 1. The number of carbonyl (C=O) groups is 3. The molecule has 3 aliphatic rings. The fourth-order valence-electron chi connectivity index (χ4n) is 5.34. The molecule has 29 heavy (non-hydrogen) atoms. The predicted molar refractivity (Wildman–Crippen MR) is 103 cm³/mol. The van der Waals surface area contributed by atoms with Crippen molar-refractivity contribution < 1.29 is 23.5 Å². The molecule has 0 aliphatic carbocycles. The number of Topliss-reactive ketones (excluding diaryl/α,β-unsaturated/α-hetero) is 1. The predicted octanol–water partition coefficient (Wildman–Crippen LogP) is 2.30. The Morgan fingerprint density at radius 1 is 1.17 bits per heavy atom. The molecule has 6 nitrogen and oxygen atoms in total. The van der Waals surface area contributed by atoms with E-state index in [1.54, 1.807) is 17.0 Å². The topological polar surface area (TPSA) is 66.9 Å². The molecule has 0 N–H and O–H groups in total. The van der Waals surface area contributed by atoms with Gasteiger partial charge in [-0.25, -0.2) is 4.39 Å². The molecule has 0 saturated carbocycles. The summed E-state index contributed by atoms with van der Waals surface area (Å²) in [5, 5.41) is 0. The number of benzene rings is 1. The lowest BCUT2D eigenvalue weighted by Crippen LogP contribution is -2.61. The Morgan fingerprint density at radius 2 is 1.86 bits per heavy atom. The maximum absolute atomic E-state index is 13.3. The zero-order valence-electron chi connectivity index (χ0n) is 16.7. The number of methoxy groups -OCH3 is 1. The molecular formula is C22H27FN2O4. The summed E-state index contributed by atoms with van der Waals surface area (Å²) in [5.74, 6) is -1.23. The summed E-state index contributed by atoms with van der Waals surface area (Å²) in [7, 11) is 1.28. The summed E-state index contributed by atoms with van der Waals surface area (Å²) in [6.07, 6.45) is 3.48. The van der Waals surface area contributed by atoms with E-state index >= 15 is 0 Å². The van der Waals surface area contributed by atoms with Crippen LogP contribution < -0.4 is 0 Å². The lowest BCUT2D eigenvalue weighted by Gasteiger charge is -2.45. The Kier molecular flexibility index (Phi) is 5.42. The van der Waals surface area contributed by atoms with Crippen LogP contribution in [0.2, 0.25) is 0 Å². The van der Waals surface area contributed by atoms with Crippen molar-refractivity contribution in [3.8, 4) is 0 Å². The first-order chi connectivity index (χ1) is 14.0. The smallest absolute Gasteiger partial charge is 0.321 e. The van der Waals surface area contributed by atoms with Crippen molar-refractivity contribution in [1.29, 1.82) is 0 Å². The maximum Gasteiger partial charge on any atom is 0.321 e. The summed E-state index contributed by atoms with van der Waals surface area (Å²) >= 11 is 0. The normalized spacial score (nSPS) is 29.3. The van der Waals surface area contributed by atoms with E-state index in [9.17, 15) is 18.8 Å². The zero-order valence-corrected chi connectivity index (χ0v) is 16.7. The van der Waals surface area contributed by atoms with Crippen LogP contribution in [0.15, 0.2) is 24.3 Å². The molecule has 3 saturated heterocycles. The third kappa shape index (κ3) is 3.45. The van der Waals surface area contributed by atoms with E-state index in [0.29, 0.717) is 26.1 Å². The summed E-state index contributed by atoms with van der Waals surface area (Å²) in [6, 6.07) is 5.93. The number of nitrogens with zero attached hydrogens (tertiary/aromatic N) is 2. The molecule has 3 fully saturated rings. The van der Waals surface area contributed by atoms with Crippen molar-refractivity contribution in [3.05, 3.63) is 35.6 Å². The second-order valence-electron chi connectivity index (χ2n) is 8.40. The number of ketones is 1. The van der Waals surface area contributed by atoms with E-state index in [2.05, 4.69) is 4.90 Å². The number of likely N-dealkylation sites (tertiary alicyclic amines) is 1. The van der Waals surface area contributed by atoms with Gasteiger partial charge in [-0.2, -0.15) is 0 Å². The van der Waals surface area contributed by atoms with E-state index in [-0.39, 0.29) is 42.4 Å². The average Bonchev–Trinajstić information content (AvgIpc) is 3.35. The van der Waals surface area contributed by atoms with Gasteiger partial charge in [-0.05, 0) is 43.4 Å². The molecule has 0 spiro atoms. The highest BCUT2D eigenvalue weighted by Gasteiger charge is 2.62. The van der Waals surface area contributed by atoms with Gasteiger partial charge >= 0.3 is 5.97 Å². The minimum Gasteiger partial charge on any atom is -0.468 e. The highest BCUT2D eigenvalue weighted by Crippen LogP contribution is 2.48. The number of hydrogen-bond acceptors (Lipinski definition) is 5. The Labute approximate surface area is 170 Å². The number of piperidine rings is 1. The van der Waals surface area contributed by atoms with Crippen molar-refractivity contribution >= 4 is 17.7 Å². The molecule has 156 valence electrons. The number of rotatable bonds is 5. The standard InChI is InChI=1S/C22H27FN2O4/c1-29-21(28)22(13-20(27)24-10-2-3-11-24)18-9-8-17(12-19(22)26)25(18)14-15-4-6-16(23)7-5-15/h4-7,17-18H,2-3,8-14H2,1H3. The van der Waals surface area contributed by atoms with Crippen LogP contribution in [0.25, 0.3) is 0 Å². The molecule has 3 atom stereocenters. The molecule has 1 amide bonds. The van der Waals surface area contributed by atoms with Gasteiger partial charge in [-0.1, -0.05) is 12.1 Å². The van der Waals surface area contributed by atoms with E-state index in [0.717, 1.165) is 24.8 Å². The van der Waals surface area contributed by atoms with E-state index in [1.165, 1.54) is 19.2 Å². The molecule has 7 heteroatoms. The Bertz CT molecular complexity index is 806. The lowest BCUT2D eigenvalue weighted by molar-refractivity contribution is -0.170. The van der Waals surface area contributed by atoms with Crippen molar-refractivity contribution in [3.63, 3.8) is 0 Å². The van der Waals surface area contributed by atoms with Crippen molar-refractivity contribution in [2.45, 2.75) is 57.2 Å². The van der Waals surface area contributed by atoms with Crippen molar-refractivity contribution in [1.82, 2.24) is 9.80 Å². The number of fused-ring (bicyclic) bond motifs is 2. The van der Waals surface area contributed by atoms with Crippen LogP contribution in [0.5, 0.6) is 0 Å². The average molecular weight is 402 g/mol. The van der Waals surface area contributed by atoms with Gasteiger partial charge in [0.25, 0.3) is 0 Å². The summed E-state index contributed by atoms with van der Waals surface area (Å²) in [6.45, 7) is 1.87. The quantitative estimate of drug-likeness (QED) is 0.559. The minimum absolute atomic E-state index is 0.0391. The van der Waals surface area contributed by atoms with Crippen LogP contribution >= 0.6 is 0 Å². The number of amides is 1. The van der Waals surface area contributed by atoms with Crippen molar-refractivity contribution in [2.24, 2.45) is 5.41 Å². The van der Waals surface area contributed by atoms with Gasteiger partial charge in [0.05, 0.1) is 13.5 Å². The molecule has 0 aromatic heterocycles. The van der Waals surface area contributed by atoms with Crippen LogP contribution in [0.4, 0.5) is 4.39 Å². The second kappa shape index (κ2) is 7.86. The Morgan fingerprint density at radius 3 is 2.52 bits per heavy atom. The molecule has 4 rings (SSSR count). The monoisotopic (exact) mass is 402 g/mol. The van der Waals surface area contributed by atoms with Gasteiger partial charge in [-0.3, -0.25) is 19.3 Å². The minimum atomic E-state index is -1.46. The largest absolute Gasteiger partial charge is 0.468 e. The number of ether oxygens (including phenoxy) is 1. The maximum atomic E-state index is 13.3. The van der Waals surface area contributed by atoms with Gasteiger partial charge in [0.1, 0.15) is 5.82 Å². The van der Waals surface area contributed by atoms with E-state index in [1.807, 2.05) is 0 Å². The molecule has 2 bridgehead atoms. The van der Waals surface area contributed by atoms with E-state index in [4.69, 9.17) is 4.74 Å². The first-order valence-corrected chi connectivity index (χ1v) is 10.4. The van der Waals surface area contributed by atoms with Gasteiger partial charge < -0.3 is 9.64 Å². The Hall–Kier alpha value is -2.28. The molecule has 0 radical (unpaired) electrons. The van der Waals surface area contributed by atoms with Crippen LogP contribution in [-0.2, 0) is 25.7 Å². The highest BCUT2D eigenvalue weighted by atomic mass is 19.1. The molecule has 3 heterocycles. The zero-order chi connectivity index (χ0) is 20.6. The fraction of sp³-hybridized carbons (Fsp3) is 0.591. The molecule has 3 aliphatic heterocycles. The van der Waals surface area contributed by atoms with E-state index < -0.39 is 11.4 Å². The van der Waals surface area contributed by atoms with Crippen LogP contribution in [-0.4, -0.2) is 59.7 Å². The summed E-state index contributed by atoms with van der Waals surface area (Å²) in [4.78, 5) is 43.1. The fourth-order valence-corrected chi connectivity index (χ4v) is 5.34. The first-order valence-electron chi connectivity index (χ1n) is 10.4. The Balaban J connectivity index is 1.65. The van der Waals surface area contributed by atoms with Gasteiger partial charge in [0.2, 0.25) is 5.91 Å². The first kappa shape index (κ1) is 20.0. The van der Waals surface area contributed by atoms with Crippen LogP contribution in [0.3, 0.4) is 0 Å². The third-order valence-electron chi connectivity index (χ3n) is 6.85. The van der Waals surface area contributed by atoms with Gasteiger partial charge in [0.15, 0.2) is 11.2 Å². The highest BCUT2D eigenvalue weighted by molar-refractivity contribution is 6.08. The number of esters is 1. The van der Waals surface area contributed by atoms with Crippen molar-refractivity contribution in [2.75, 3.05) is 20.2 Å². The summed E-state index contributed by atoms with van der Waals surface area (Å²) < 4.78 is 18.4. The lowest BCUT2D eigenvalue weighted by atomic mass is 9.69.